The van der Waals surface area contributed by atoms with E-state index < -0.39 is 0 Å². The summed E-state index contributed by atoms with van der Waals surface area (Å²) in [7, 11) is 0. The SMILES string of the molecule is Cc1csc(CC(NN)c2snnc2C(C)(C)C)n1. The van der Waals surface area contributed by atoms with Crippen molar-refractivity contribution in [2.75, 3.05) is 0 Å². The van der Waals surface area contributed by atoms with Gasteiger partial charge in [-0.25, -0.2) is 4.98 Å². The van der Waals surface area contributed by atoms with Gasteiger partial charge < -0.3 is 0 Å². The lowest BCUT2D eigenvalue weighted by atomic mass is 9.89. The molecule has 2 aromatic heterocycles. The first-order chi connectivity index (χ1) is 8.91. The van der Waals surface area contributed by atoms with Crippen molar-refractivity contribution in [2.45, 2.75) is 45.6 Å². The van der Waals surface area contributed by atoms with Crippen LogP contribution in [0.15, 0.2) is 5.38 Å². The number of hydrogen-bond donors (Lipinski definition) is 2. The molecule has 104 valence electrons. The summed E-state index contributed by atoms with van der Waals surface area (Å²) in [5, 5.41) is 7.39. The minimum atomic E-state index is -0.0315. The molecule has 2 rings (SSSR count). The lowest BCUT2D eigenvalue weighted by Gasteiger charge is -2.20. The molecular weight excluding hydrogens is 278 g/mol. The molecule has 0 saturated carbocycles. The zero-order valence-electron chi connectivity index (χ0n) is 11.6. The molecule has 0 fully saturated rings. The molecule has 0 aliphatic rings. The van der Waals surface area contributed by atoms with Crippen LogP contribution in [-0.2, 0) is 11.8 Å². The highest BCUT2D eigenvalue weighted by molar-refractivity contribution is 7.09. The van der Waals surface area contributed by atoms with Crippen LogP contribution in [0.25, 0.3) is 0 Å². The molecule has 1 unspecified atom stereocenters. The number of aryl methyl sites for hydroxylation is 1. The number of rotatable bonds is 4. The Morgan fingerprint density at radius 3 is 2.68 bits per heavy atom. The summed E-state index contributed by atoms with van der Waals surface area (Å²) in [6.45, 7) is 8.40. The maximum Gasteiger partial charge on any atom is 0.0947 e. The van der Waals surface area contributed by atoms with E-state index in [1.807, 2.05) is 6.92 Å². The average molecular weight is 297 g/mol. The Balaban J connectivity index is 2.25. The molecule has 2 aromatic rings. The number of hydrogen-bond acceptors (Lipinski definition) is 7. The largest absolute Gasteiger partial charge is 0.271 e. The van der Waals surface area contributed by atoms with E-state index in [0.29, 0.717) is 0 Å². The summed E-state index contributed by atoms with van der Waals surface area (Å²) in [6, 6.07) is 0.0137. The molecule has 0 aliphatic heterocycles. The molecule has 1 atom stereocenters. The predicted octanol–water partition coefficient (Wildman–Crippen LogP) is 2.35. The lowest BCUT2D eigenvalue weighted by Crippen LogP contribution is -2.31. The van der Waals surface area contributed by atoms with Crippen LogP contribution in [0, 0.1) is 6.92 Å². The van der Waals surface area contributed by atoms with Crippen molar-refractivity contribution in [3.63, 3.8) is 0 Å². The van der Waals surface area contributed by atoms with Crippen LogP contribution < -0.4 is 11.3 Å². The van der Waals surface area contributed by atoms with Gasteiger partial charge in [0.2, 0.25) is 0 Å². The third-order valence-electron chi connectivity index (χ3n) is 2.79. The Kier molecular flexibility index (Phi) is 4.29. The lowest BCUT2D eigenvalue weighted by molar-refractivity contribution is 0.514. The molecule has 3 N–H and O–H groups in total. The van der Waals surface area contributed by atoms with Crippen LogP contribution in [0.1, 0.15) is 48.1 Å². The molecule has 2 heterocycles. The monoisotopic (exact) mass is 297 g/mol. The van der Waals surface area contributed by atoms with Gasteiger partial charge >= 0.3 is 0 Å². The van der Waals surface area contributed by atoms with Crippen molar-refractivity contribution < 1.29 is 0 Å². The van der Waals surface area contributed by atoms with Gasteiger partial charge in [-0.15, -0.1) is 16.4 Å². The van der Waals surface area contributed by atoms with Crippen molar-refractivity contribution in [2.24, 2.45) is 5.84 Å². The van der Waals surface area contributed by atoms with Gasteiger partial charge in [-0.1, -0.05) is 25.3 Å². The molecule has 19 heavy (non-hydrogen) atoms. The van der Waals surface area contributed by atoms with Crippen molar-refractivity contribution in [1.82, 2.24) is 20.0 Å². The summed E-state index contributed by atoms with van der Waals surface area (Å²) < 4.78 is 4.08. The smallest absolute Gasteiger partial charge is 0.0947 e. The fourth-order valence-electron chi connectivity index (χ4n) is 1.84. The quantitative estimate of drug-likeness (QED) is 0.669. The Hall–Kier alpha value is -0.890. The second-order valence-electron chi connectivity index (χ2n) is 5.54. The maximum absolute atomic E-state index is 5.71. The van der Waals surface area contributed by atoms with Gasteiger partial charge in [0.1, 0.15) is 0 Å². The van der Waals surface area contributed by atoms with Crippen molar-refractivity contribution in [3.8, 4) is 0 Å². The van der Waals surface area contributed by atoms with E-state index >= 15 is 0 Å². The third kappa shape index (κ3) is 3.36. The molecular formula is C12H19N5S2. The molecule has 0 bridgehead atoms. The Morgan fingerprint density at radius 2 is 2.16 bits per heavy atom. The molecule has 0 aliphatic carbocycles. The van der Waals surface area contributed by atoms with E-state index in [1.54, 1.807) is 11.3 Å². The fourth-order valence-corrected chi connectivity index (χ4v) is 3.59. The standard InChI is InChI=1S/C12H19N5S2/c1-7-6-18-9(14-7)5-8(15-13)10-11(12(2,3)4)16-17-19-10/h6,8,15H,5,13H2,1-4H3. The second-order valence-corrected chi connectivity index (χ2v) is 7.27. The van der Waals surface area contributed by atoms with Crippen molar-refractivity contribution in [1.29, 1.82) is 0 Å². The molecule has 0 spiro atoms. The molecule has 0 saturated heterocycles. The van der Waals surface area contributed by atoms with E-state index in [1.165, 1.54) is 11.5 Å². The molecule has 7 heteroatoms. The summed E-state index contributed by atoms with van der Waals surface area (Å²) >= 11 is 3.07. The van der Waals surface area contributed by atoms with Crippen molar-refractivity contribution in [3.05, 3.63) is 26.7 Å². The highest BCUT2D eigenvalue weighted by Crippen LogP contribution is 2.31. The highest BCUT2D eigenvalue weighted by Gasteiger charge is 2.27. The van der Waals surface area contributed by atoms with Gasteiger partial charge in [-0.2, -0.15) is 0 Å². The summed E-state index contributed by atoms with van der Waals surface area (Å²) in [6.07, 6.45) is 0.766. The van der Waals surface area contributed by atoms with E-state index in [0.717, 1.165) is 27.7 Å². The summed E-state index contributed by atoms with van der Waals surface area (Å²) in [5.41, 5.74) is 4.90. The zero-order chi connectivity index (χ0) is 14.0. The number of nitrogens with zero attached hydrogens (tertiary/aromatic N) is 3. The van der Waals surface area contributed by atoms with Crippen molar-refractivity contribution >= 4 is 22.9 Å². The molecule has 0 amide bonds. The van der Waals surface area contributed by atoms with E-state index in [2.05, 4.69) is 46.1 Å². The van der Waals surface area contributed by atoms with Crippen LogP contribution in [-0.4, -0.2) is 14.6 Å². The molecule has 5 nitrogen and oxygen atoms in total. The van der Waals surface area contributed by atoms with Gasteiger partial charge in [0, 0.05) is 22.9 Å². The molecule has 0 aromatic carbocycles. The van der Waals surface area contributed by atoms with Crippen LogP contribution in [0.3, 0.4) is 0 Å². The van der Waals surface area contributed by atoms with Gasteiger partial charge in [-0.3, -0.25) is 11.3 Å². The van der Waals surface area contributed by atoms with Crippen LogP contribution >= 0.6 is 22.9 Å². The molecule has 0 radical (unpaired) electrons. The first kappa shape index (κ1) is 14.5. The number of hydrazine groups is 1. The Labute approximate surface area is 121 Å². The maximum atomic E-state index is 5.71. The minimum Gasteiger partial charge on any atom is -0.271 e. The Bertz CT molecular complexity index is 540. The van der Waals surface area contributed by atoms with E-state index in [4.69, 9.17) is 5.84 Å². The van der Waals surface area contributed by atoms with Gasteiger partial charge in [0.15, 0.2) is 0 Å². The normalized spacial score (nSPS) is 13.7. The summed E-state index contributed by atoms with van der Waals surface area (Å²) in [4.78, 5) is 5.59. The zero-order valence-corrected chi connectivity index (χ0v) is 13.2. The van der Waals surface area contributed by atoms with E-state index in [-0.39, 0.29) is 11.5 Å². The topological polar surface area (TPSA) is 76.7 Å². The first-order valence-electron chi connectivity index (χ1n) is 6.11. The number of thiazole rings is 1. The number of nitrogens with one attached hydrogen (secondary N) is 1. The average Bonchev–Trinajstić information content (AvgIpc) is 2.93. The summed E-state index contributed by atoms with van der Waals surface area (Å²) in [5.74, 6) is 5.71. The minimum absolute atomic E-state index is 0.0137. The van der Waals surface area contributed by atoms with Crippen LogP contribution in [0.5, 0.6) is 0 Å². The number of aromatic nitrogens is 3. The van der Waals surface area contributed by atoms with E-state index in [9.17, 15) is 0 Å². The van der Waals surface area contributed by atoms with Crippen LogP contribution in [0.4, 0.5) is 0 Å². The highest BCUT2D eigenvalue weighted by atomic mass is 32.1. The van der Waals surface area contributed by atoms with Gasteiger partial charge in [-0.05, 0) is 18.5 Å². The fraction of sp³-hybridized carbons (Fsp3) is 0.583. The number of nitrogens with two attached hydrogens (primary N) is 1. The van der Waals surface area contributed by atoms with Gasteiger partial charge in [0.25, 0.3) is 0 Å². The second kappa shape index (κ2) is 5.62. The third-order valence-corrected chi connectivity index (χ3v) is 4.61. The predicted molar refractivity (Wildman–Crippen MR) is 79.2 cm³/mol. The van der Waals surface area contributed by atoms with Crippen LogP contribution in [0.2, 0.25) is 0 Å². The first-order valence-corrected chi connectivity index (χ1v) is 7.77. The van der Waals surface area contributed by atoms with Gasteiger partial charge in [0.05, 0.1) is 21.6 Å². The Morgan fingerprint density at radius 1 is 1.42 bits per heavy atom.